The lowest BCUT2D eigenvalue weighted by Gasteiger charge is -2.45. The Morgan fingerprint density at radius 3 is 2.63 bits per heavy atom. The Morgan fingerprint density at radius 1 is 1.11 bits per heavy atom. The first-order valence-corrected chi connectivity index (χ1v) is 8.75. The molecule has 2 heterocycles. The molecule has 2 heteroatoms. The van der Waals surface area contributed by atoms with Gasteiger partial charge in [0, 0.05) is 18.6 Å². The topological polar surface area (TPSA) is 15.3 Å². The van der Waals surface area contributed by atoms with Crippen molar-refractivity contribution in [3.8, 4) is 0 Å². The Kier molecular flexibility index (Phi) is 3.15. The minimum absolute atomic E-state index is 0.683. The summed E-state index contributed by atoms with van der Waals surface area (Å²) >= 11 is 0. The SMILES string of the molecule is CC1CC2(CCNCC2C2CCCC2)CN1C1CC1. The van der Waals surface area contributed by atoms with E-state index in [0.29, 0.717) is 5.41 Å². The van der Waals surface area contributed by atoms with Crippen molar-refractivity contribution in [3.05, 3.63) is 0 Å². The van der Waals surface area contributed by atoms with E-state index in [2.05, 4.69) is 17.1 Å². The molecule has 1 spiro atoms. The highest BCUT2D eigenvalue weighted by molar-refractivity contribution is 5.06. The Hall–Kier alpha value is -0.0800. The molecule has 19 heavy (non-hydrogen) atoms. The van der Waals surface area contributed by atoms with Crippen LogP contribution in [0.15, 0.2) is 0 Å². The lowest BCUT2D eigenvalue weighted by molar-refractivity contribution is 0.0664. The molecule has 0 amide bonds. The van der Waals surface area contributed by atoms with E-state index in [1.165, 1.54) is 71.0 Å². The standard InChI is InChI=1S/C17H30N2/c1-13-10-17(12-19(13)15-6-7-15)8-9-18-11-16(17)14-4-2-3-5-14/h13-16,18H,2-12H2,1H3. The van der Waals surface area contributed by atoms with Crippen LogP contribution in [0, 0.1) is 17.3 Å². The molecule has 0 aromatic carbocycles. The van der Waals surface area contributed by atoms with E-state index in [9.17, 15) is 0 Å². The summed E-state index contributed by atoms with van der Waals surface area (Å²) in [6.45, 7) is 6.52. The maximum atomic E-state index is 3.72. The molecule has 0 bridgehead atoms. The molecule has 2 nitrogen and oxygen atoms in total. The fourth-order valence-corrected chi connectivity index (χ4v) is 5.66. The number of nitrogens with one attached hydrogen (secondary N) is 1. The number of likely N-dealkylation sites (tertiary alicyclic amines) is 1. The number of rotatable bonds is 2. The van der Waals surface area contributed by atoms with Gasteiger partial charge in [-0.25, -0.2) is 0 Å². The van der Waals surface area contributed by atoms with Crippen LogP contribution < -0.4 is 5.32 Å². The van der Waals surface area contributed by atoms with Gasteiger partial charge in [0.25, 0.3) is 0 Å². The van der Waals surface area contributed by atoms with Crippen LogP contribution in [0.5, 0.6) is 0 Å². The van der Waals surface area contributed by atoms with Crippen LogP contribution in [0.25, 0.3) is 0 Å². The fourth-order valence-electron chi connectivity index (χ4n) is 5.66. The van der Waals surface area contributed by atoms with Gasteiger partial charge < -0.3 is 5.32 Å². The third-order valence-corrected chi connectivity index (χ3v) is 6.70. The molecular formula is C17H30N2. The maximum Gasteiger partial charge on any atom is 0.00994 e. The first kappa shape index (κ1) is 12.6. The molecule has 3 atom stereocenters. The molecule has 2 saturated heterocycles. The van der Waals surface area contributed by atoms with Crippen LogP contribution >= 0.6 is 0 Å². The van der Waals surface area contributed by atoms with E-state index in [0.717, 1.165) is 23.9 Å². The minimum Gasteiger partial charge on any atom is -0.316 e. The zero-order valence-electron chi connectivity index (χ0n) is 12.5. The Balaban J connectivity index is 1.55. The van der Waals surface area contributed by atoms with Crippen LogP contribution in [0.4, 0.5) is 0 Å². The van der Waals surface area contributed by atoms with Gasteiger partial charge in [-0.3, -0.25) is 4.90 Å². The second kappa shape index (κ2) is 4.73. The van der Waals surface area contributed by atoms with Crippen LogP contribution in [0.2, 0.25) is 0 Å². The summed E-state index contributed by atoms with van der Waals surface area (Å²) in [4.78, 5) is 2.88. The zero-order chi connectivity index (χ0) is 12.9. The Labute approximate surface area is 118 Å². The quantitative estimate of drug-likeness (QED) is 0.823. The third kappa shape index (κ3) is 2.15. The summed E-state index contributed by atoms with van der Waals surface area (Å²) in [5, 5.41) is 3.72. The summed E-state index contributed by atoms with van der Waals surface area (Å²) < 4.78 is 0. The van der Waals surface area contributed by atoms with Crippen molar-refractivity contribution >= 4 is 0 Å². The first-order chi connectivity index (χ1) is 9.28. The lowest BCUT2D eigenvalue weighted by Crippen LogP contribution is -2.49. The van der Waals surface area contributed by atoms with E-state index in [4.69, 9.17) is 0 Å². The second-order valence-electron chi connectivity index (χ2n) is 7.92. The van der Waals surface area contributed by atoms with Crippen LogP contribution in [-0.2, 0) is 0 Å². The highest BCUT2D eigenvalue weighted by atomic mass is 15.2. The van der Waals surface area contributed by atoms with Crippen LogP contribution in [0.1, 0.15) is 58.3 Å². The van der Waals surface area contributed by atoms with Crippen molar-refractivity contribution in [1.82, 2.24) is 10.2 Å². The van der Waals surface area contributed by atoms with Crippen molar-refractivity contribution in [3.63, 3.8) is 0 Å². The first-order valence-electron chi connectivity index (χ1n) is 8.75. The zero-order valence-corrected chi connectivity index (χ0v) is 12.5. The average Bonchev–Trinajstić information content (AvgIpc) is 3.00. The van der Waals surface area contributed by atoms with E-state index in [1.807, 2.05) is 0 Å². The summed E-state index contributed by atoms with van der Waals surface area (Å²) in [6, 6.07) is 1.82. The van der Waals surface area contributed by atoms with Crippen molar-refractivity contribution in [2.24, 2.45) is 17.3 Å². The molecule has 0 radical (unpaired) electrons. The second-order valence-corrected chi connectivity index (χ2v) is 7.92. The van der Waals surface area contributed by atoms with E-state index in [-0.39, 0.29) is 0 Å². The molecule has 2 saturated carbocycles. The predicted molar refractivity (Wildman–Crippen MR) is 79.2 cm³/mol. The van der Waals surface area contributed by atoms with E-state index >= 15 is 0 Å². The highest BCUT2D eigenvalue weighted by Crippen LogP contribution is 2.53. The number of hydrogen-bond donors (Lipinski definition) is 1. The number of piperidine rings is 1. The smallest absolute Gasteiger partial charge is 0.00994 e. The van der Waals surface area contributed by atoms with Crippen molar-refractivity contribution in [2.75, 3.05) is 19.6 Å². The fraction of sp³-hybridized carbons (Fsp3) is 1.00. The van der Waals surface area contributed by atoms with Crippen molar-refractivity contribution in [1.29, 1.82) is 0 Å². The Bertz CT molecular complexity index is 332. The Morgan fingerprint density at radius 2 is 1.89 bits per heavy atom. The molecule has 2 aliphatic carbocycles. The highest BCUT2D eigenvalue weighted by Gasteiger charge is 2.53. The molecular weight excluding hydrogens is 232 g/mol. The van der Waals surface area contributed by atoms with Crippen molar-refractivity contribution < 1.29 is 0 Å². The van der Waals surface area contributed by atoms with Crippen molar-refractivity contribution in [2.45, 2.75) is 70.4 Å². The van der Waals surface area contributed by atoms with Gasteiger partial charge in [0.2, 0.25) is 0 Å². The number of hydrogen-bond acceptors (Lipinski definition) is 2. The normalized spacial score (nSPS) is 45.3. The monoisotopic (exact) mass is 262 g/mol. The third-order valence-electron chi connectivity index (χ3n) is 6.70. The molecule has 4 fully saturated rings. The van der Waals surface area contributed by atoms with E-state index < -0.39 is 0 Å². The summed E-state index contributed by atoms with van der Waals surface area (Å²) in [6.07, 6.45) is 11.9. The summed E-state index contributed by atoms with van der Waals surface area (Å²) in [7, 11) is 0. The minimum atomic E-state index is 0.683. The van der Waals surface area contributed by atoms with Gasteiger partial charge in [-0.1, -0.05) is 25.7 Å². The molecule has 0 aromatic heterocycles. The predicted octanol–water partition coefficient (Wildman–Crippen LogP) is 3.03. The largest absolute Gasteiger partial charge is 0.316 e. The molecule has 2 aliphatic heterocycles. The molecule has 4 rings (SSSR count). The molecule has 0 aromatic rings. The maximum absolute atomic E-state index is 3.72. The lowest BCUT2D eigenvalue weighted by atomic mass is 9.64. The summed E-state index contributed by atoms with van der Waals surface area (Å²) in [5.74, 6) is 2.02. The summed E-state index contributed by atoms with van der Waals surface area (Å²) in [5.41, 5.74) is 0.683. The van der Waals surface area contributed by atoms with Gasteiger partial charge in [0.1, 0.15) is 0 Å². The van der Waals surface area contributed by atoms with Crippen LogP contribution in [0.3, 0.4) is 0 Å². The molecule has 108 valence electrons. The molecule has 3 unspecified atom stereocenters. The average molecular weight is 262 g/mol. The molecule has 1 N–H and O–H groups in total. The van der Waals surface area contributed by atoms with Gasteiger partial charge in [0.05, 0.1) is 0 Å². The number of nitrogens with zero attached hydrogens (tertiary/aromatic N) is 1. The van der Waals surface area contributed by atoms with Gasteiger partial charge in [0.15, 0.2) is 0 Å². The van der Waals surface area contributed by atoms with Gasteiger partial charge >= 0.3 is 0 Å². The van der Waals surface area contributed by atoms with E-state index in [1.54, 1.807) is 0 Å². The van der Waals surface area contributed by atoms with Gasteiger partial charge in [-0.05, 0) is 62.9 Å². The van der Waals surface area contributed by atoms with Gasteiger partial charge in [-0.15, -0.1) is 0 Å². The molecule has 4 aliphatic rings. The van der Waals surface area contributed by atoms with Crippen LogP contribution in [-0.4, -0.2) is 36.6 Å². The van der Waals surface area contributed by atoms with Gasteiger partial charge in [-0.2, -0.15) is 0 Å².